The Morgan fingerprint density at radius 3 is 2.55 bits per heavy atom. The number of hydrogen-bond acceptors (Lipinski definition) is 4. The second kappa shape index (κ2) is 11.6. The summed E-state index contributed by atoms with van der Waals surface area (Å²) in [6.45, 7) is 5.40. The molecule has 0 unspecified atom stereocenters. The number of likely N-dealkylation sites (N-methyl/N-ethyl adjacent to an activating group) is 1. The minimum Gasteiger partial charge on any atom is -0.497 e. The lowest BCUT2D eigenvalue weighted by molar-refractivity contribution is 0.281. The van der Waals surface area contributed by atoms with Crippen molar-refractivity contribution in [3.63, 3.8) is 0 Å². The fraction of sp³-hybridized carbons (Fsp3) is 0.333. The topological polar surface area (TPSA) is 63.9 Å². The van der Waals surface area contributed by atoms with Crippen LogP contribution in [-0.4, -0.2) is 54.3 Å². The van der Waals surface area contributed by atoms with Gasteiger partial charge in [0.1, 0.15) is 30.5 Å². The molecule has 0 bridgehead atoms. The second-order valence-corrected chi connectivity index (χ2v) is 7.07. The quantitative estimate of drug-likeness (QED) is 0.401. The minimum absolute atomic E-state index is 0.506. The van der Waals surface area contributed by atoms with Crippen molar-refractivity contribution in [2.45, 2.75) is 20.0 Å². The van der Waals surface area contributed by atoms with Gasteiger partial charge in [0.25, 0.3) is 0 Å². The molecule has 0 saturated heterocycles. The summed E-state index contributed by atoms with van der Waals surface area (Å²) >= 11 is 0. The minimum atomic E-state index is 0.506. The molecule has 31 heavy (non-hydrogen) atoms. The van der Waals surface area contributed by atoms with Gasteiger partial charge in [0.05, 0.1) is 13.7 Å². The number of hydrogen-bond donors (Lipinski definition) is 1. The van der Waals surface area contributed by atoms with Gasteiger partial charge in [-0.05, 0) is 36.8 Å². The molecule has 1 aromatic heterocycles. The van der Waals surface area contributed by atoms with E-state index in [1.54, 1.807) is 7.11 Å². The van der Waals surface area contributed by atoms with Crippen molar-refractivity contribution >= 4 is 5.96 Å². The molecule has 0 aliphatic carbocycles. The van der Waals surface area contributed by atoms with Crippen molar-refractivity contribution in [1.82, 2.24) is 19.8 Å². The van der Waals surface area contributed by atoms with Gasteiger partial charge in [0.2, 0.25) is 0 Å². The first-order valence-corrected chi connectivity index (χ1v) is 10.5. The molecule has 0 spiro atoms. The molecule has 2 aromatic carbocycles. The third-order valence-corrected chi connectivity index (χ3v) is 4.82. The third-order valence-electron chi connectivity index (χ3n) is 4.82. The average molecular weight is 422 g/mol. The molecule has 3 aromatic rings. The van der Waals surface area contributed by atoms with E-state index in [0.29, 0.717) is 19.7 Å². The molecule has 0 fully saturated rings. The molecule has 164 valence electrons. The molecule has 0 aliphatic rings. The van der Waals surface area contributed by atoms with Gasteiger partial charge in [0.15, 0.2) is 5.96 Å². The number of aliphatic imine (C=N–C) groups is 1. The number of guanidine groups is 1. The summed E-state index contributed by atoms with van der Waals surface area (Å²) in [5, 5.41) is 3.34. The number of imidazole rings is 1. The van der Waals surface area contributed by atoms with Crippen molar-refractivity contribution in [2.24, 2.45) is 4.99 Å². The highest BCUT2D eigenvalue weighted by Crippen LogP contribution is 2.16. The maximum absolute atomic E-state index is 5.84. The second-order valence-electron chi connectivity index (χ2n) is 7.07. The Labute approximate surface area is 184 Å². The van der Waals surface area contributed by atoms with E-state index >= 15 is 0 Å². The Morgan fingerprint density at radius 2 is 1.84 bits per heavy atom. The molecule has 0 radical (unpaired) electrons. The normalized spacial score (nSPS) is 11.3. The van der Waals surface area contributed by atoms with Crippen molar-refractivity contribution in [3.8, 4) is 11.5 Å². The highest BCUT2D eigenvalue weighted by Gasteiger charge is 2.08. The zero-order chi connectivity index (χ0) is 21.9. The average Bonchev–Trinajstić information content (AvgIpc) is 3.24. The van der Waals surface area contributed by atoms with Crippen molar-refractivity contribution in [2.75, 3.05) is 33.9 Å². The summed E-state index contributed by atoms with van der Waals surface area (Å²) in [4.78, 5) is 11.3. The molecule has 7 heteroatoms. The zero-order valence-electron chi connectivity index (χ0n) is 18.5. The number of aromatic nitrogens is 2. The fourth-order valence-electron chi connectivity index (χ4n) is 3.11. The van der Waals surface area contributed by atoms with Gasteiger partial charge >= 0.3 is 0 Å². The van der Waals surface area contributed by atoms with Crippen LogP contribution in [0.1, 0.15) is 18.3 Å². The highest BCUT2D eigenvalue weighted by molar-refractivity contribution is 5.79. The molecule has 1 N–H and O–H groups in total. The molecule has 7 nitrogen and oxygen atoms in total. The van der Waals surface area contributed by atoms with E-state index in [2.05, 4.69) is 51.0 Å². The van der Waals surface area contributed by atoms with Gasteiger partial charge in [-0.15, -0.1) is 0 Å². The van der Waals surface area contributed by atoms with Crippen LogP contribution >= 0.6 is 0 Å². The van der Waals surface area contributed by atoms with E-state index in [1.807, 2.05) is 49.8 Å². The largest absolute Gasteiger partial charge is 0.497 e. The number of nitrogens with one attached hydrogen (secondary N) is 1. The van der Waals surface area contributed by atoms with E-state index in [9.17, 15) is 0 Å². The molecule has 0 amide bonds. The van der Waals surface area contributed by atoms with Crippen LogP contribution in [0.15, 0.2) is 72.0 Å². The zero-order valence-corrected chi connectivity index (χ0v) is 18.5. The van der Waals surface area contributed by atoms with Crippen LogP contribution < -0.4 is 14.8 Å². The Morgan fingerprint density at radius 1 is 1.10 bits per heavy atom. The van der Waals surface area contributed by atoms with Gasteiger partial charge in [-0.2, -0.15) is 0 Å². The maximum Gasteiger partial charge on any atom is 0.194 e. The van der Waals surface area contributed by atoms with Crippen LogP contribution in [0, 0.1) is 0 Å². The van der Waals surface area contributed by atoms with Gasteiger partial charge in [-0.3, -0.25) is 0 Å². The molecular formula is C24H31N5O2. The molecule has 0 aliphatic heterocycles. The molecule has 0 saturated carbocycles. The van der Waals surface area contributed by atoms with E-state index < -0.39 is 0 Å². The van der Waals surface area contributed by atoms with Crippen molar-refractivity contribution in [3.05, 3.63) is 78.4 Å². The predicted molar refractivity (Wildman–Crippen MR) is 124 cm³/mol. The first-order valence-electron chi connectivity index (χ1n) is 10.5. The lowest BCUT2D eigenvalue weighted by Crippen LogP contribution is -2.40. The van der Waals surface area contributed by atoms with Crippen LogP contribution in [0.3, 0.4) is 0 Å². The van der Waals surface area contributed by atoms with Gasteiger partial charge < -0.3 is 24.3 Å². The summed E-state index contributed by atoms with van der Waals surface area (Å²) < 4.78 is 13.2. The molecule has 3 rings (SSSR count). The van der Waals surface area contributed by atoms with Gasteiger partial charge in [0, 0.05) is 32.5 Å². The van der Waals surface area contributed by atoms with Crippen molar-refractivity contribution < 1.29 is 9.47 Å². The van der Waals surface area contributed by atoms with Crippen LogP contribution in [-0.2, 0) is 13.1 Å². The molecular weight excluding hydrogens is 390 g/mol. The van der Waals surface area contributed by atoms with Crippen LogP contribution in [0.2, 0.25) is 0 Å². The fourth-order valence-corrected chi connectivity index (χ4v) is 3.11. The number of rotatable bonds is 10. The molecule has 1 heterocycles. The number of ether oxygens (including phenoxy) is 2. The first kappa shape index (κ1) is 22.2. The SMILES string of the molecule is CCNC(=NCc1nccn1Cc1ccccc1)N(C)CCOc1ccc(OC)cc1. The molecule has 0 atom stereocenters. The standard InChI is InChI=1S/C24H31N5O2/c1-4-25-24(28(2)16-17-31-22-12-10-21(30-3)11-13-22)27-18-23-26-14-15-29(23)19-20-8-6-5-7-9-20/h5-15H,4,16-19H2,1-3H3,(H,25,27). The van der Waals surface area contributed by atoms with Crippen LogP contribution in [0.4, 0.5) is 0 Å². The summed E-state index contributed by atoms with van der Waals surface area (Å²) in [5.74, 6) is 3.40. The van der Waals surface area contributed by atoms with Crippen LogP contribution in [0.25, 0.3) is 0 Å². The third kappa shape index (κ3) is 6.77. The van der Waals surface area contributed by atoms with E-state index in [0.717, 1.165) is 36.4 Å². The smallest absolute Gasteiger partial charge is 0.194 e. The Kier molecular flexibility index (Phi) is 8.34. The highest BCUT2D eigenvalue weighted by atomic mass is 16.5. The Hall–Kier alpha value is -3.48. The van der Waals surface area contributed by atoms with Gasteiger partial charge in [-0.25, -0.2) is 9.98 Å². The number of benzene rings is 2. The summed E-state index contributed by atoms with van der Waals surface area (Å²) in [6, 6.07) is 18.0. The summed E-state index contributed by atoms with van der Waals surface area (Å²) in [5.41, 5.74) is 1.24. The van der Waals surface area contributed by atoms with E-state index in [1.165, 1.54) is 5.56 Å². The van der Waals surface area contributed by atoms with Crippen molar-refractivity contribution in [1.29, 1.82) is 0 Å². The number of methoxy groups -OCH3 is 1. The van der Waals surface area contributed by atoms with E-state index in [-0.39, 0.29) is 0 Å². The van der Waals surface area contributed by atoms with Gasteiger partial charge in [-0.1, -0.05) is 30.3 Å². The lowest BCUT2D eigenvalue weighted by atomic mass is 10.2. The summed E-state index contributed by atoms with van der Waals surface area (Å²) in [6.07, 6.45) is 3.82. The lowest BCUT2D eigenvalue weighted by Gasteiger charge is -2.22. The van der Waals surface area contributed by atoms with E-state index in [4.69, 9.17) is 14.5 Å². The Bertz CT molecular complexity index is 938. The number of nitrogens with zero attached hydrogens (tertiary/aromatic N) is 4. The van der Waals surface area contributed by atoms with Crippen LogP contribution in [0.5, 0.6) is 11.5 Å². The monoisotopic (exact) mass is 421 g/mol. The first-order chi connectivity index (χ1) is 15.2. The Balaban J connectivity index is 1.56. The maximum atomic E-state index is 5.84. The summed E-state index contributed by atoms with van der Waals surface area (Å²) in [7, 11) is 3.66. The predicted octanol–water partition coefficient (Wildman–Crippen LogP) is 3.42.